The molecular weight excluding hydrogens is 710 g/mol. The van der Waals surface area contributed by atoms with Crippen LogP contribution in [0.3, 0.4) is 0 Å². The lowest BCUT2D eigenvalue weighted by atomic mass is 10.0. The fourth-order valence-corrected chi connectivity index (χ4v) is 6.71. The Morgan fingerprint density at radius 1 is 0.907 bits per heavy atom. The maximum Gasteiger partial charge on any atom is 0.296 e. The molecule has 2 aliphatic rings. The third kappa shape index (κ3) is 9.26. The van der Waals surface area contributed by atoms with Crippen molar-refractivity contribution in [3.05, 3.63) is 90.0 Å². The Labute approximate surface area is 318 Å². The highest BCUT2D eigenvalue weighted by Gasteiger charge is 2.39. The summed E-state index contributed by atoms with van der Waals surface area (Å²) in [6, 6.07) is 18.4. The summed E-state index contributed by atoms with van der Waals surface area (Å²) < 4.78 is 5.86. The summed E-state index contributed by atoms with van der Waals surface area (Å²) in [6.07, 6.45) is 6.08. The van der Waals surface area contributed by atoms with Gasteiger partial charge in [-0.25, -0.2) is 0 Å². The Hall–Kier alpha value is -5.69. The molecule has 4 amide bonds. The van der Waals surface area contributed by atoms with Crippen molar-refractivity contribution in [3.8, 4) is 0 Å². The molecule has 3 aromatic carbocycles. The molecule has 13 nitrogen and oxygen atoms in total. The number of benzene rings is 3. The molecule has 0 spiro atoms. The number of fused-ring (bicyclic) bond motifs is 2. The van der Waals surface area contributed by atoms with Gasteiger partial charge >= 0.3 is 0 Å². The third-order valence-corrected chi connectivity index (χ3v) is 9.78. The number of aromatic nitrogens is 1. The molecule has 282 valence electrons. The molecule has 0 radical (unpaired) electrons. The molecule has 0 aliphatic carbocycles. The Bertz CT molecular complexity index is 2000. The van der Waals surface area contributed by atoms with Gasteiger partial charge in [-0.05, 0) is 80.1 Å². The molecule has 3 atom stereocenters. The van der Waals surface area contributed by atoms with Crippen LogP contribution in [0.4, 0.5) is 23.1 Å². The first-order valence-corrected chi connectivity index (χ1v) is 18.6. The van der Waals surface area contributed by atoms with E-state index in [1.807, 2.05) is 43.0 Å². The highest BCUT2D eigenvalue weighted by Crippen LogP contribution is 2.26. The summed E-state index contributed by atoms with van der Waals surface area (Å²) in [5.74, 6) is -2.92. The first-order chi connectivity index (χ1) is 26.1. The second kappa shape index (κ2) is 17.4. The number of piperazine rings is 1. The largest absolute Gasteiger partial charge is 0.424 e. The molecule has 4 aromatic rings. The molecule has 2 aliphatic heterocycles. The lowest BCUT2D eigenvalue weighted by molar-refractivity contribution is -0.138. The SMILES string of the molecule is CC(C)C(Nc1nc2ccccc2o1)C(=O)N1CCN(c2ccc(Cl)cc2)[C@@H](C(=O)N[C@@H]2CC=CCCCCC(=O)Nc3ccccc3NC(=O)C2=O)C1. The Morgan fingerprint density at radius 2 is 1.63 bits per heavy atom. The van der Waals surface area contributed by atoms with Crippen LogP contribution >= 0.6 is 11.6 Å². The number of carbonyl (C=O) groups excluding carboxylic acids is 5. The lowest BCUT2D eigenvalue weighted by Gasteiger charge is -2.43. The first kappa shape index (κ1) is 38.0. The predicted octanol–water partition coefficient (Wildman–Crippen LogP) is 5.79. The van der Waals surface area contributed by atoms with E-state index in [9.17, 15) is 24.0 Å². The number of hydrogen-bond donors (Lipinski definition) is 4. The molecule has 1 unspecified atom stereocenters. The van der Waals surface area contributed by atoms with Gasteiger partial charge in [0.2, 0.25) is 23.5 Å². The number of allylic oxidation sites excluding steroid dienone is 1. The van der Waals surface area contributed by atoms with Crippen molar-refractivity contribution in [3.63, 3.8) is 0 Å². The van der Waals surface area contributed by atoms with Gasteiger partial charge in [-0.2, -0.15) is 4.98 Å². The van der Waals surface area contributed by atoms with Crippen molar-refractivity contribution in [2.75, 3.05) is 40.5 Å². The van der Waals surface area contributed by atoms with Gasteiger partial charge in [-0.15, -0.1) is 0 Å². The fraction of sp³-hybridized carbons (Fsp3) is 0.350. The van der Waals surface area contributed by atoms with Gasteiger partial charge in [0, 0.05) is 30.2 Å². The average molecular weight is 754 g/mol. The topological polar surface area (TPSA) is 166 Å². The summed E-state index contributed by atoms with van der Waals surface area (Å²) in [5, 5.41) is 12.0. The van der Waals surface area contributed by atoms with E-state index in [4.69, 9.17) is 16.0 Å². The van der Waals surface area contributed by atoms with Crippen LogP contribution in [-0.4, -0.2) is 77.1 Å². The van der Waals surface area contributed by atoms with Crippen LogP contribution in [0, 0.1) is 5.92 Å². The molecule has 6 rings (SSSR count). The van der Waals surface area contributed by atoms with Gasteiger partial charge < -0.3 is 35.5 Å². The highest BCUT2D eigenvalue weighted by molar-refractivity contribution is 6.43. The number of halogens is 1. The number of amides is 4. The molecule has 0 bridgehead atoms. The molecule has 0 saturated carbocycles. The van der Waals surface area contributed by atoms with Crippen LogP contribution in [0.25, 0.3) is 11.1 Å². The lowest BCUT2D eigenvalue weighted by Crippen LogP contribution is -2.63. The Kier molecular flexibility index (Phi) is 12.3. The van der Waals surface area contributed by atoms with Crippen LogP contribution in [0.1, 0.15) is 46.0 Å². The van der Waals surface area contributed by atoms with Gasteiger partial charge in [-0.1, -0.05) is 61.9 Å². The molecule has 1 aromatic heterocycles. The summed E-state index contributed by atoms with van der Waals surface area (Å²) in [5.41, 5.74) is 2.59. The number of Topliss-reactive ketones (excluding diaryl/α,β-unsaturated/α-hetero) is 1. The zero-order valence-electron chi connectivity index (χ0n) is 30.2. The van der Waals surface area contributed by atoms with Crippen molar-refractivity contribution in [2.24, 2.45) is 5.92 Å². The summed E-state index contributed by atoms with van der Waals surface area (Å²) in [4.78, 5) is 76.3. The number of nitrogens with zero attached hydrogens (tertiary/aromatic N) is 3. The zero-order valence-corrected chi connectivity index (χ0v) is 31.0. The van der Waals surface area contributed by atoms with Gasteiger partial charge in [0.15, 0.2) is 5.58 Å². The number of ketones is 1. The van der Waals surface area contributed by atoms with E-state index in [0.29, 0.717) is 59.8 Å². The Morgan fingerprint density at radius 3 is 2.37 bits per heavy atom. The number of carbonyl (C=O) groups is 5. The van der Waals surface area contributed by atoms with E-state index in [-0.39, 0.29) is 42.4 Å². The van der Waals surface area contributed by atoms with Crippen molar-refractivity contribution < 1.29 is 28.4 Å². The maximum atomic E-state index is 14.4. The van der Waals surface area contributed by atoms with Gasteiger partial charge in [0.05, 0.1) is 17.9 Å². The van der Waals surface area contributed by atoms with Crippen LogP contribution in [0.2, 0.25) is 5.02 Å². The Balaban J connectivity index is 1.24. The number of hydrogen-bond acceptors (Lipinski definition) is 9. The minimum Gasteiger partial charge on any atom is -0.424 e. The number of anilines is 4. The van der Waals surface area contributed by atoms with Crippen LogP contribution in [0.15, 0.2) is 89.4 Å². The van der Waals surface area contributed by atoms with E-state index in [1.165, 1.54) is 0 Å². The number of para-hydroxylation sites is 4. The average Bonchev–Trinajstić information content (AvgIpc) is 3.58. The summed E-state index contributed by atoms with van der Waals surface area (Å²) in [7, 11) is 0. The van der Waals surface area contributed by atoms with Gasteiger partial charge in [0.25, 0.3) is 11.9 Å². The number of rotatable bonds is 7. The summed E-state index contributed by atoms with van der Waals surface area (Å²) in [6.45, 7) is 4.45. The third-order valence-electron chi connectivity index (χ3n) is 9.53. The minimum atomic E-state index is -1.21. The maximum absolute atomic E-state index is 14.4. The van der Waals surface area contributed by atoms with Crippen molar-refractivity contribution in [2.45, 2.75) is 64.1 Å². The second-order valence-electron chi connectivity index (χ2n) is 13.7. The smallest absolute Gasteiger partial charge is 0.296 e. The first-order valence-electron chi connectivity index (χ1n) is 18.2. The molecule has 4 N–H and O–H groups in total. The van der Waals surface area contributed by atoms with Crippen LogP contribution in [-0.2, 0) is 24.0 Å². The molecule has 14 heteroatoms. The van der Waals surface area contributed by atoms with E-state index < -0.39 is 35.7 Å². The van der Waals surface area contributed by atoms with E-state index >= 15 is 0 Å². The summed E-state index contributed by atoms with van der Waals surface area (Å²) >= 11 is 6.20. The molecular formula is C40H44ClN7O6. The van der Waals surface area contributed by atoms with E-state index in [1.54, 1.807) is 65.6 Å². The molecule has 3 heterocycles. The molecule has 54 heavy (non-hydrogen) atoms. The number of oxazole rings is 1. The van der Waals surface area contributed by atoms with Gasteiger partial charge in [0.1, 0.15) is 23.6 Å². The minimum absolute atomic E-state index is 0.00176. The second-order valence-corrected chi connectivity index (χ2v) is 14.2. The molecule has 1 saturated heterocycles. The number of nitrogens with one attached hydrogen (secondary N) is 4. The van der Waals surface area contributed by atoms with Crippen LogP contribution in [0.5, 0.6) is 0 Å². The highest BCUT2D eigenvalue weighted by atomic mass is 35.5. The van der Waals surface area contributed by atoms with Crippen LogP contribution < -0.4 is 26.2 Å². The predicted molar refractivity (Wildman–Crippen MR) is 208 cm³/mol. The van der Waals surface area contributed by atoms with E-state index in [0.717, 1.165) is 6.42 Å². The zero-order chi connectivity index (χ0) is 38.2. The fourth-order valence-electron chi connectivity index (χ4n) is 6.58. The van der Waals surface area contributed by atoms with Crippen molar-refractivity contribution in [1.82, 2.24) is 15.2 Å². The van der Waals surface area contributed by atoms with Crippen molar-refractivity contribution >= 4 is 75.2 Å². The molecule has 1 fully saturated rings. The van der Waals surface area contributed by atoms with Crippen molar-refractivity contribution in [1.29, 1.82) is 0 Å². The normalized spacial score (nSPS) is 19.3. The monoisotopic (exact) mass is 753 g/mol. The van der Waals surface area contributed by atoms with E-state index in [2.05, 4.69) is 26.3 Å². The van der Waals surface area contributed by atoms with Gasteiger partial charge in [-0.3, -0.25) is 24.0 Å². The quantitative estimate of drug-likeness (QED) is 0.135. The standard InChI is InChI=1S/C40H44ClN7O6/c1-25(2)35(46-40-45-30-14-10-11-16-33(30)54-40)39(53)47-22-23-48(27-20-18-26(41)19-21-27)32(24-47)37(51)44-31-15-6-4-3-5-7-17-34(49)42-28-12-8-9-13-29(28)43-38(52)36(31)50/h4,6,8-14,16,18-21,25,31-32,35H,3,5,7,15,17,22-24H2,1-2H3,(H,42,49)(H,43,52)(H,44,51)(H,45,46)/t31-,32-,35?/m1/s1.